The summed E-state index contributed by atoms with van der Waals surface area (Å²) < 4.78 is 5.38. The molecule has 3 aromatic rings. The van der Waals surface area contributed by atoms with Crippen LogP contribution in [0.5, 0.6) is 5.75 Å². The zero-order chi connectivity index (χ0) is 21.3. The highest BCUT2D eigenvalue weighted by Crippen LogP contribution is 2.29. The standard InChI is InChI=1S/C22H24N4O4/c1-14-17-4-3-5-18(30-2)20(17)24-19(14)21(27)23-15-6-8-16(9-7-15)25-10-12-26(13-11-25)22(28)29/h3-9,24H,10-13H2,1-2H3,(H,23,27)(H,28,29). The lowest BCUT2D eigenvalue weighted by Gasteiger charge is -2.34. The molecule has 0 unspecified atom stereocenters. The Labute approximate surface area is 174 Å². The van der Waals surface area contributed by atoms with E-state index in [9.17, 15) is 9.59 Å². The first-order valence-corrected chi connectivity index (χ1v) is 9.77. The van der Waals surface area contributed by atoms with Crippen molar-refractivity contribution in [2.24, 2.45) is 0 Å². The fraction of sp³-hybridized carbons (Fsp3) is 0.273. The maximum Gasteiger partial charge on any atom is 0.407 e. The van der Waals surface area contributed by atoms with E-state index in [1.54, 1.807) is 7.11 Å². The van der Waals surface area contributed by atoms with Crippen LogP contribution < -0.4 is 15.0 Å². The number of amides is 2. The van der Waals surface area contributed by atoms with Crippen LogP contribution in [0.3, 0.4) is 0 Å². The number of aromatic nitrogens is 1. The van der Waals surface area contributed by atoms with E-state index in [4.69, 9.17) is 9.84 Å². The molecule has 2 heterocycles. The zero-order valence-electron chi connectivity index (χ0n) is 16.9. The van der Waals surface area contributed by atoms with E-state index in [2.05, 4.69) is 15.2 Å². The van der Waals surface area contributed by atoms with Gasteiger partial charge in [0.2, 0.25) is 0 Å². The van der Waals surface area contributed by atoms with Gasteiger partial charge in [0.1, 0.15) is 11.4 Å². The van der Waals surface area contributed by atoms with Crippen LogP contribution in [0.4, 0.5) is 16.2 Å². The van der Waals surface area contributed by atoms with Gasteiger partial charge in [-0.15, -0.1) is 0 Å². The number of carbonyl (C=O) groups is 2. The van der Waals surface area contributed by atoms with Crippen molar-refractivity contribution in [2.75, 3.05) is 43.5 Å². The number of anilines is 2. The molecule has 2 aromatic carbocycles. The Hall–Kier alpha value is -3.68. The number of nitrogens with zero attached hydrogens (tertiary/aromatic N) is 2. The number of rotatable bonds is 4. The molecule has 0 atom stereocenters. The number of aromatic amines is 1. The normalized spacial score (nSPS) is 14.1. The number of H-pyrrole nitrogens is 1. The van der Waals surface area contributed by atoms with Crippen molar-refractivity contribution in [3.05, 3.63) is 53.7 Å². The molecule has 1 saturated heterocycles. The SMILES string of the molecule is COc1cccc2c(C)c(C(=O)Nc3ccc(N4CCN(C(=O)O)CC4)cc3)[nH]c12. The summed E-state index contributed by atoms with van der Waals surface area (Å²) in [6, 6.07) is 13.3. The Kier molecular flexibility index (Phi) is 5.22. The van der Waals surface area contributed by atoms with Crippen LogP contribution in [0.15, 0.2) is 42.5 Å². The number of piperazine rings is 1. The van der Waals surface area contributed by atoms with Gasteiger partial charge in [0.25, 0.3) is 5.91 Å². The number of hydrogen-bond donors (Lipinski definition) is 3. The number of carbonyl (C=O) groups excluding carboxylic acids is 1. The first-order chi connectivity index (χ1) is 14.5. The predicted molar refractivity (Wildman–Crippen MR) is 116 cm³/mol. The average Bonchev–Trinajstić information content (AvgIpc) is 3.11. The lowest BCUT2D eigenvalue weighted by molar-refractivity contribution is 0.102. The molecule has 2 amide bonds. The molecule has 1 aromatic heterocycles. The van der Waals surface area contributed by atoms with E-state index in [0.29, 0.717) is 43.3 Å². The molecule has 1 aliphatic heterocycles. The first kappa shape index (κ1) is 19.6. The monoisotopic (exact) mass is 408 g/mol. The van der Waals surface area contributed by atoms with Crippen LogP contribution in [0, 0.1) is 6.92 Å². The molecule has 0 spiro atoms. The Morgan fingerprint density at radius 3 is 2.40 bits per heavy atom. The van der Waals surface area contributed by atoms with Gasteiger partial charge in [-0.05, 0) is 42.8 Å². The van der Waals surface area contributed by atoms with Gasteiger partial charge in [-0.2, -0.15) is 0 Å². The molecule has 8 nitrogen and oxygen atoms in total. The van der Waals surface area contributed by atoms with Gasteiger partial charge in [-0.3, -0.25) is 4.79 Å². The van der Waals surface area contributed by atoms with Crippen molar-refractivity contribution in [1.82, 2.24) is 9.88 Å². The molecular weight excluding hydrogens is 384 g/mol. The molecule has 1 fully saturated rings. The number of aryl methyl sites for hydroxylation is 1. The second-order valence-corrected chi connectivity index (χ2v) is 7.27. The molecule has 30 heavy (non-hydrogen) atoms. The molecular formula is C22H24N4O4. The fourth-order valence-corrected chi connectivity index (χ4v) is 3.83. The van der Waals surface area contributed by atoms with Crippen molar-refractivity contribution in [2.45, 2.75) is 6.92 Å². The number of fused-ring (bicyclic) bond motifs is 1. The zero-order valence-corrected chi connectivity index (χ0v) is 16.9. The summed E-state index contributed by atoms with van der Waals surface area (Å²) >= 11 is 0. The molecule has 8 heteroatoms. The van der Waals surface area contributed by atoms with Crippen LogP contribution in [0.25, 0.3) is 10.9 Å². The topological polar surface area (TPSA) is 97.9 Å². The summed E-state index contributed by atoms with van der Waals surface area (Å²) in [5, 5.41) is 13.0. The smallest absolute Gasteiger partial charge is 0.407 e. The second-order valence-electron chi connectivity index (χ2n) is 7.27. The predicted octanol–water partition coefficient (Wildman–Crippen LogP) is 3.54. The van der Waals surface area contributed by atoms with Crippen LogP contribution in [-0.4, -0.2) is 60.3 Å². The van der Waals surface area contributed by atoms with E-state index in [1.807, 2.05) is 49.4 Å². The van der Waals surface area contributed by atoms with E-state index in [1.165, 1.54) is 4.90 Å². The van der Waals surface area contributed by atoms with Gasteiger partial charge >= 0.3 is 6.09 Å². The summed E-state index contributed by atoms with van der Waals surface area (Å²) in [6.45, 7) is 4.17. The molecule has 0 radical (unpaired) electrons. The number of para-hydroxylation sites is 1. The van der Waals surface area contributed by atoms with Crippen molar-refractivity contribution < 1.29 is 19.4 Å². The Morgan fingerprint density at radius 2 is 1.77 bits per heavy atom. The third kappa shape index (κ3) is 3.63. The number of carboxylic acid groups (broad SMARTS) is 1. The van der Waals surface area contributed by atoms with Gasteiger partial charge < -0.3 is 29.9 Å². The largest absolute Gasteiger partial charge is 0.495 e. The van der Waals surface area contributed by atoms with Crippen LogP contribution >= 0.6 is 0 Å². The van der Waals surface area contributed by atoms with Crippen LogP contribution in [-0.2, 0) is 0 Å². The van der Waals surface area contributed by atoms with Gasteiger partial charge in [0.15, 0.2) is 0 Å². The molecule has 156 valence electrons. The third-order valence-corrected chi connectivity index (χ3v) is 5.54. The van der Waals surface area contributed by atoms with Crippen molar-refractivity contribution in [3.8, 4) is 5.75 Å². The highest BCUT2D eigenvalue weighted by atomic mass is 16.5. The number of hydrogen-bond acceptors (Lipinski definition) is 4. The van der Waals surface area contributed by atoms with E-state index >= 15 is 0 Å². The number of nitrogens with one attached hydrogen (secondary N) is 2. The molecule has 0 aliphatic carbocycles. The fourth-order valence-electron chi connectivity index (χ4n) is 3.83. The summed E-state index contributed by atoms with van der Waals surface area (Å²) in [6.07, 6.45) is -0.877. The summed E-state index contributed by atoms with van der Waals surface area (Å²) in [5.41, 5.74) is 3.87. The first-order valence-electron chi connectivity index (χ1n) is 9.77. The van der Waals surface area contributed by atoms with Crippen molar-refractivity contribution >= 4 is 34.3 Å². The molecule has 4 rings (SSSR count). The average molecular weight is 408 g/mol. The lowest BCUT2D eigenvalue weighted by atomic mass is 10.1. The Balaban J connectivity index is 1.46. The minimum Gasteiger partial charge on any atom is -0.495 e. The number of methoxy groups -OCH3 is 1. The number of benzene rings is 2. The van der Waals surface area contributed by atoms with Crippen LogP contribution in [0.1, 0.15) is 16.1 Å². The molecule has 0 saturated carbocycles. The maximum absolute atomic E-state index is 12.8. The van der Waals surface area contributed by atoms with Crippen molar-refractivity contribution in [1.29, 1.82) is 0 Å². The van der Waals surface area contributed by atoms with Crippen molar-refractivity contribution in [3.63, 3.8) is 0 Å². The van der Waals surface area contributed by atoms with E-state index < -0.39 is 6.09 Å². The van der Waals surface area contributed by atoms with Gasteiger partial charge in [0, 0.05) is 42.9 Å². The minimum atomic E-state index is -0.877. The van der Waals surface area contributed by atoms with E-state index in [-0.39, 0.29) is 5.91 Å². The Bertz CT molecular complexity index is 1080. The highest BCUT2D eigenvalue weighted by molar-refractivity contribution is 6.08. The highest BCUT2D eigenvalue weighted by Gasteiger charge is 2.21. The van der Waals surface area contributed by atoms with Gasteiger partial charge in [-0.25, -0.2) is 4.79 Å². The summed E-state index contributed by atoms with van der Waals surface area (Å²) in [7, 11) is 1.60. The number of ether oxygens (including phenoxy) is 1. The third-order valence-electron chi connectivity index (χ3n) is 5.54. The van der Waals surface area contributed by atoms with Gasteiger partial charge in [0.05, 0.1) is 12.6 Å². The minimum absolute atomic E-state index is 0.214. The van der Waals surface area contributed by atoms with Crippen LogP contribution in [0.2, 0.25) is 0 Å². The molecule has 0 bridgehead atoms. The lowest BCUT2D eigenvalue weighted by Crippen LogP contribution is -2.48. The molecule has 3 N–H and O–H groups in total. The second kappa shape index (κ2) is 7.98. The quantitative estimate of drug-likeness (QED) is 0.613. The van der Waals surface area contributed by atoms with Gasteiger partial charge in [-0.1, -0.05) is 12.1 Å². The molecule has 1 aliphatic rings. The summed E-state index contributed by atoms with van der Waals surface area (Å²) in [5.74, 6) is 0.482. The van der Waals surface area contributed by atoms with E-state index in [0.717, 1.165) is 22.2 Å². The Morgan fingerprint density at radius 1 is 1.07 bits per heavy atom. The summed E-state index contributed by atoms with van der Waals surface area (Å²) in [4.78, 5) is 30.6. The maximum atomic E-state index is 12.8.